The minimum atomic E-state index is -1.07. The number of hydrogen-bond donors (Lipinski definition) is 3. The van der Waals surface area contributed by atoms with Crippen molar-refractivity contribution < 1.29 is 18.4 Å². The molecular weight excluding hydrogens is 408 g/mol. The van der Waals surface area contributed by atoms with Crippen LogP contribution in [0.2, 0.25) is 0 Å². The number of anilines is 1. The van der Waals surface area contributed by atoms with Crippen LogP contribution in [-0.4, -0.2) is 22.8 Å². The van der Waals surface area contributed by atoms with Crippen molar-refractivity contribution in [3.8, 4) is 0 Å². The topological polar surface area (TPSA) is 74.0 Å². The van der Waals surface area contributed by atoms with Crippen molar-refractivity contribution in [2.45, 2.75) is 12.5 Å². The highest BCUT2D eigenvalue weighted by atomic mass is 32.1. The molecule has 0 aliphatic carbocycles. The lowest BCUT2D eigenvalue weighted by molar-refractivity contribution is -0.118. The first-order valence-electron chi connectivity index (χ1n) is 9.16. The SMILES string of the molecule is O=C(NC(Cc1c[nH]c2ccccc12)C(=O)Nc1ccc(F)c(F)c1)c1cccs1. The van der Waals surface area contributed by atoms with E-state index in [1.54, 1.807) is 23.7 Å². The molecule has 0 aliphatic rings. The number of amides is 2. The summed E-state index contributed by atoms with van der Waals surface area (Å²) in [5.74, 6) is -2.98. The van der Waals surface area contributed by atoms with E-state index in [4.69, 9.17) is 0 Å². The van der Waals surface area contributed by atoms with E-state index in [9.17, 15) is 18.4 Å². The van der Waals surface area contributed by atoms with Gasteiger partial charge in [0.2, 0.25) is 5.91 Å². The number of nitrogens with one attached hydrogen (secondary N) is 3. The highest BCUT2D eigenvalue weighted by Crippen LogP contribution is 2.20. The number of halogens is 2. The Labute approximate surface area is 174 Å². The molecule has 4 rings (SSSR count). The van der Waals surface area contributed by atoms with E-state index in [1.807, 2.05) is 24.3 Å². The molecule has 0 radical (unpaired) electrons. The summed E-state index contributed by atoms with van der Waals surface area (Å²) in [4.78, 5) is 29.1. The van der Waals surface area contributed by atoms with E-state index in [0.29, 0.717) is 4.88 Å². The molecule has 152 valence electrons. The third-order valence-electron chi connectivity index (χ3n) is 4.65. The first kappa shape index (κ1) is 19.8. The fraction of sp³-hybridized carbons (Fsp3) is 0.0909. The Hall–Kier alpha value is -3.52. The Morgan fingerprint density at radius 3 is 2.63 bits per heavy atom. The Bertz CT molecular complexity index is 1200. The summed E-state index contributed by atoms with van der Waals surface area (Å²) in [6.07, 6.45) is 2.01. The van der Waals surface area contributed by atoms with Crippen LogP contribution in [0.1, 0.15) is 15.2 Å². The second-order valence-corrected chi connectivity index (χ2v) is 7.63. The third kappa shape index (κ3) is 4.23. The molecule has 30 heavy (non-hydrogen) atoms. The number of rotatable bonds is 6. The zero-order valence-corrected chi connectivity index (χ0v) is 16.4. The zero-order valence-electron chi connectivity index (χ0n) is 15.6. The van der Waals surface area contributed by atoms with Crippen LogP contribution in [0.25, 0.3) is 10.9 Å². The smallest absolute Gasteiger partial charge is 0.262 e. The van der Waals surface area contributed by atoms with Crippen LogP contribution < -0.4 is 10.6 Å². The van der Waals surface area contributed by atoms with E-state index in [2.05, 4.69) is 15.6 Å². The minimum Gasteiger partial charge on any atom is -0.361 e. The molecule has 0 saturated heterocycles. The van der Waals surface area contributed by atoms with Crippen molar-refractivity contribution in [2.24, 2.45) is 0 Å². The fourth-order valence-electron chi connectivity index (χ4n) is 3.17. The number of carbonyl (C=O) groups excluding carboxylic acids is 2. The molecule has 2 heterocycles. The van der Waals surface area contributed by atoms with E-state index in [0.717, 1.165) is 28.6 Å². The number of fused-ring (bicyclic) bond motifs is 1. The molecule has 4 aromatic rings. The van der Waals surface area contributed by atoms with Gasteiger partial charge in [-0.25, -0.2) is 8.78 Å². The molecular formula is C22H17F2N3O2S. The normalized spacial score (nSPS) is 11.9. The number of aromatic nitrogens is 1. The molecule has 0 saturated carbocycles. The van der Waals surface area contributed by atoms with Gasteiger partial charge in [-0.15, -0.1) is 11.3 Å². The van der Waals surface area contributed by atoms with E-state index in [-0.39, 0.29) is 18.0 Å². The maximum absolute atomic E-state index is 13.5. The second kappa shape index (κ2) is 8.46. The van der Waals surface area contributed by atoms with Crippen LogP contribution in [0.5, 0.6) is 0 Å². The van der Waals surface area contributed by atoms with Gasteiger partial charge in [0, 0.05) is 35.3 Å². The molecule has 3 N–H and O–H groups in total. The number of carbonyl (C=O) groups is 2. The van der Waals surface area contributed by atoms with Crippen LogP contribution in [0, 0.1) is 11.6 Å². The molecule has 2 amide bonds. The summed E-state index contributed by atoms with van der Waals surface area (Å²) in [5.41, 5.74) is 1.87. The highest BCUT2D eigenvalue weighted by Gasteiger charge is 2.24. The number of H-pyrrole nitrogens is 1. The van der Waals surface area contributed by atoms with E-state index in [1.165, 1.54) is 17.4 Å². The van der Waals surface area contributed by atoms with Crippen LogP contribution in [0.4, 0.5) is 14.5 Å². The number of thiophene rings is 1. The molecule has 5 nitrogen and oxygen atoms in total. The highest BCUT2D eigenvalue weighted by molar-refractivity contribution is 7.12. The zero-order chi connectivity index (χ0) is 21.1. The average Bonchev–Trinajstić information content (AvgIpc) is 3.41. The molecule has 0 bridgehead atoms. The van der Waals surface area contributed by atoms with Gasteiger partial charge in [0.15, 0.2) is 11.6 Å². The van der Waals surface area contributed by atoms with Gasteiger partial charge < -0.3 is 15.6 Å². The summed E-state index contributed by atoms with van der Waals surface area (Å²) < 4.78 is 26.7. The number of para-hydroxylation sites is 1. The van der Waals surface area contributed by atoms with Gasteiger partial charge in [-0.3, -0.25) is 9.59 Å². The predicted octanol–water partition coefficient (Wildman–Crippen LogP) is 4.49. The fourth-order valence-corrected chi connectivity index (χ4v) is 3.80. The summed E-state index contributed by atoms with van der Waals surface area (Å²) in [6, 6.07) is 13.2. The molecule has 0 fully saturated rings. The lowest BCUT2D eigenvalue weighted by atomic mass is 10.0. The van der Waals surface area contributed by atoms with Crippen molar-refractivity contribution in [3.05, 3.63) is 88.2 Å². The number of aromatic amines is 1. The molecule has 1 atom stereocenters. The van der Waals surface area contributed by atoms with Gasteiger partial charge in [0.05, 0.1) is 4.88 Å². The average molecular weight is 425 g/mol. The molecule has 2 aromatic carbocycles. The first-order chi connectivity index (χ1) is 14.5. The van der Waals surface area contributed by atoms with Gasteiger partial charge in [0.1, 0.15) is 6.04 Å². The standard InChI is InChI=1S/C22H17F2N3O2S/c23-16-8-7-14(11-17(16)24)26-21(28)19(27-22(29)20-6-3-9-30-20)10-13-12-25-18-5-2-1-4-15(13)18/h1-9,11-12,19,25H,10H2,(H,26,28)(H,27,29). The monoisotopic (exact) mass is 425 g/mol. The van der Waals surface area contributed by atoms with Gasteiger partial charge >= 0.3 is 0 Å². The number of benzene rings is 2. The molecule has 8 heteroatoms. The largest absolute Gasteiger partial charge is 0.361 e. The lowest BCUT2D eigenvalue weighted by Crippen LogP contribution is -2.45. The Morgan fingerprint density at radius 1 is 1.03 bits per heavy atom. The van der Waals surface area contributed by atoms with Crippen LogP contribution in [-0.2, 0) is 11.2 Å². The molecule has 2 aromatic heterocycles. The van der Waals surface area contributed by atoms with Gasteiger partial charge in [0.25, 0.3) is 5.91 Å². The minimum absolute atomic E-state index is 0.105. The maximum atomic E-state index is 13.5. The quantitative estimate of drug-likeness (QED) is 0.426. The van der Waals surface area contributed by atoms with Gasteiger partial charge in [-0.2, -0.15) is 0 Å². The molecule has 0 spiro atoms. The Balaban J connectivity index is 1.59. The summed E-state index contributed by atoms with van der Waals surface area (Å²) in [5, 5.41) is 8.01. The third-order valence-corrected chi connectivity index (χ3v) is 5.52. The predicted molar refractivity (Wildman–Crippen MR) is 113 cm³/mol. The van der Waals surface area contributed by atoms with Gasteiger partial charge in [-0.1, -0.05) is 24.3 Å². The van der Waals surface area contributed by atoms with E-state index >= 15 is 0 Å². The number of hydrogen-bond acceptors (Lipinski definition) is 3. The van der Waals surface area contributed by atoms with Crippen molar-refractivity contribution in [3.63, 3.8) is 0 Å². The molecule has 1 unspecified atom stereocenters. The second-order valence-electron chi connectivity index (χ2n) is 6.69. The Kier molecular flexibility index (Phi) is 5.58. The first-order valence-corrected chi connectivity index (χ1v) is 10.0. The Morgan fingerprint density at radius 2 is 1.87 bits per heavy atom. The van der Waals surface area contributed by atoms with Crippen molar-refractivity contribution >= 4 is 39.7 Å². The molecule has 0 aliphatic heterocycles. The van der Waals surface area contributed by atoms with Crippen LogP contribution >= 0.6 is 11.3 Å². The van der Waals surface area contributed by atoms with E-state index < -0.39 is 23.6 Å². The maximum Gasteiger partial charge on any atom is 0.262 e. The van der Waals surface area contributed by atoms with Crippen molar-refractivity contribution in [1.29, 1.82) is 0 Å². The van der Waals surface area contributed by atoms with Crippen LogP contribution in [0.3, 0.4) is 0 Å². The summed E-state index contributed by atoms with van der Waals surface area (Å²) in [7, 11) is 0. The summed E-state index contributed by atoms with van der Waals surface area (Å²) >= 11 is 1.26. The van der Waals surface area contributed by atoms with Crippen molar-refractivity contribution in [2.75, 3.05) is 5.32 Å². The van der Waals surface area contributed by atoms with Gasteiger partial charge in [-0.05, 0) is 35.2 Å². The van der Waals surface area contributed by atoms with Crippen molar-refractivity contribution in [1.82, 2.24) is 10.3 Å². The lowest BCUT2D eigenvalue weighted by Gasteiger charge is -2.18. The summed E-state index contributed by atoms with van der Waals surface area (Å²) in [6.45, 7) is 0. The van der Waals surface area contributed by atoms with Crippen LogP contribution in [0.15, 0.2) is 66.2 Å².